The summed E-state index contributed by atoms with van der Waals surface area (Å²) >= 11 is 5.97. The van der Waals surface area contributed by atoms with Crippen LogP contribution in [0, 0.1) is 10.1 Å². The second-order valence-corrected chi connectivity index (χ2v) is 11.8. The molecule has 11 nitrogen and oxygen atoms in total. The van der Waals surface area contributed by atoms with Crippen molar-refractivity contribution in [3.05, 3.63) is 63.2 Å². The number of benzene rings is 2. The van der Waals surface area contributed by atoms with Gasteiger partial charge >= 0.3 is 0 Å². The van der Waals surface area contributed by atoms with Gasteiger partial charge < -0.3 is 15.0 Å². The Hall–Kier alpha value is -3.38. The number of non-ortho nitro benzene ring substituents is 1. The van der Waals surface area contributed by atoms with Gasteiger partial charge in [-0.1, -0.05) is 23.7 Å². The van der Waals surface area contributed by atoms with Crippen molar-refractivity contribution < 1.29 is 27.7 Å². The fraction of sp³-hybridized carbons (Fsp3) is 0.417. The number of methoxy groups -OCH3 is 1. The van der Waals surface area contributed by atoms with Gasteiger partial charge in [-0.3, -0.25) is 24.0 Å². The molecule has 13 heteroatoms. The molecule has 37 heavy (non-hydrogen) atoms. The Bertz CT molecular complexity index is 1260. The van der Waals surface area contributed by atoms with Crippen LogP contribution in [0.3, 0.4) is 0 Å². The quantitative estimate of drug-likeness (QED) is 0.351. The van der Waals surface area contributed by atoms with Gasteiger partial charge in [-0.15, -0.1) is 0 Å². The van der Waals surface area contributed by atoms with Crippen molar-refractivity contribution in [3.63, 3.8) is 0 Å². The van der Waals surface area contributed by atoms with Crippen LogP contribution in [-0.2, 0) is 26.2 Å². The van der Waals surface area contributed by atoms with Crippen LogP contribution < -0.4 is 14.4 Å². The van der Waals surface area contributed by atoms with E-state index in [0.29, 0.717) is 10.6 Å². The molecule has 0 saturated heterocycles. The number of nitro benzene ring substituents is 1. The molecule has 0 aliphatic carbocycles. The molecule has 0 fully saturated rings. The minimum Gasteiger partial charge on any atom is -0.495 e. The Morgan fingerprint density at radius 2 is 1.76 bits per heavy atom. The van der Waals surface area contributed by atoms with Crippen molar-refractivity contribution in [2.45, 2.75) is 45.8 Å². The van der Waals surface area contributed by atoms with E-state index in [0.717, 1.165) is 22.7 Å². The fourth-order valence-electron chi connectivity index (χ4n) is 3.42. The highest BCUT2D eigenvalue weighted by Crippen LogP contribution is 2.34. The average molecular weight is 555 g/mol. The monoisotopic (exact) mass is 554 g/mol. The molecule has 2 aromatic rings. The molecule has 202 valence electrons. The number of ether oxygens (including phenoxy) is 1. The zero-order valence-electron chi connectivity index (χ0n) is 21.5. The predicted molar refractivity (Wildman–Crippen MR) is 141 cm³/mol. The first-order chi connectivity index (χ1) is 17.0. The summed E-state index contributed by atoms with van der Waals surface area (Å²) in [6.45, 7) is 6.18. The highest BCUT2D eigenvalue weighted by molar-refractivity contribution is 7.92. The molecule has 2 aromatic carbocycles. The van der Waals surface area contributed by atoms with Crippen LogP contribution in [0.4, 0.5) is 11.4 Å². The Labute approximate surface area is 221 Å². The summed E-state index contributed by atoms with van der Waals surface area (Å²) in [5.74, 6) is -1.12. The third-order valence-corrected chi connectivity index (χ3v) is 6.63. The molecule has 0 aromatic heterocycles. The maximum atomic E-state index is 13.6. The average Bonchev–Trinajstić information content (AvgIpc) is 2.79. The van der Waals surface area contributed by atoms with E-state index in [-0.39, 0.29) is 23.7 Å². The van der Waals surface area contributed by atoms with E-state index in [9.17, 15) is 28.1 Å². The number of sulfonamides is 1. The van der Waals surface area contributed by atoms with Crippen LogP contribution in [0.15, 0.2) is 42.5 Å². The second-order valence-electron chi connectivity index (χ2n) is 9.45. The van der Waals surface area contributed by atoms with Crippen LogP contribution in [0.2, 0.25) is 5.02 Å². The molecule has 1 atom stereocenters. The molecule has 2 rings (SSSR count). The van der Waals surface area contributed by atoms with E-state index in [2.05, 4.69) is 5.32 Å². The fourth-order valence-corrected chi connectivity index (χ4v) is 4.40. The molecule has 0 bridgehead atoms. The number of carbonyl (C=O) groups is 2. The topological polar surface area (TPSA) is 139 Å². The Morgan fingerprint density at radius 1 is 1.16 bits per heavy atom. The summed E-state index contributed by atoms with van der Waals surface area (Å²) in [5, 5.41) is 14.6. The Morgan fingerprint density at radius 3 is 2.24 bits per heavy atom. The van der Waals surface area contributed by atoms with Gasteiger partial charge in [0.1, 0.15) is 24.0 Å². The van der Waals surface area contributed by atoms with Crippen molar-refractivity contribution in [1.82, 2.24) is 10.2 Å². The molecule has 0 heterocycles. The van der Waals surface area contributed by atoms with Gasteiger partial charge in [0.25, 0.3) is 5.69 Å². The van der Waals surface area contributed by atoms with Crippen LogP contribution in [-0.4, -0.2) is 61.5 Å². The minimum absolute atomic E-state index is 0.0155. The van der Waals surface area contributed by atoms with Crippen LogP contribution >= 0.6 is 11.6 Å². The number of halogens is 1. The predicted octanol–water partition coefficient (Wildman–Crippen LogP) is 3.35. The lowest BCUT2D eigenvalue weighted by Gasteiger charge is -2.33. The number of nitrogens with one attached hydrogen (secondary N) is 1. The molecule has 0 aliphatic heterocycles. The van der Waals surface area contributed by atoms with Crippen molar-refractivity contribution in [2.75, 3.05) is 24.2 Å². The van der Waals surface area contributed by atoms with E-state index in [1.807, 2.05) is 0 Å². The molecule has 0 unspecified atom stereocenters. The number of hydrogen-bond acceptors (Lipinski definition) is 7. The molecule has 2 amide bonds. The normalized spacial score (nSPS) is 12.4. The first-order valence-electron chi connectivity index (χ1n) is 11.2. The maximum Gasteiger partial charge on any atom is 0.271 e. The van der Waals surface area contributed by atoms with Gasteiger partial charge in [-0.05, 0) is 51.5 Å². The number of carbonyl (C=O) groups excluding carboxylic acids is 2. The minimum atomic E-state index is -4.11. The first kappa shape index (κ1) is 29.8. The number of amides is 2. The van der Waals surface area contributed by atoms with E-state index in [1.54, 1.807) is 45.0 Å². The zero-order chi connectivity index (χ0) is 28.1. The molecular weight excluding hydrogens is 524 g/mol. The van der Waals surface area contributed by atoms with Gasteiger partial charge in [0.05, 0.1) is 18.3 Å². The lowest BCUT2D eigenvalue weighted by molar-refractivity contribution is -0.384. The third kappa shape index (κ3) is 8.32. The van der Waals surface area contributed by atoms with Gasteiger partial charge in [0, 0.05) is 29.2 Å². The molecule has 0 saturated carbocycles. The van der Waals surface area contributed by atoms with Crippen molar-refractivity contribution >= 4 is 44.8 Å². The molecule has 0 radical (unpaired) electrons. The SMILES string of the molecule is COc1ccc([N+](=O)[O-])cc1N(CC(=O)N(Cc1ccc(Cl)cc1)[C@H](C)C(=O)NC(C)(C)C)S(C)(=O)=O. The number of anilines is 1. The number of rotatable bonds is 10. The van der Waals surface area contributed by atoms with Crippen molar-refractivity contribution in [2.24, 2.45) is 0 Å². The standard InChI is InChI=1S/C24H31ClN4O7S/c1-16(23(31)26-24(2,3)4)27(14-17-7-9-18(25)10-8-17)22(30)15-28(37(6,34)35)20-13-19(29(32)33)11-12-21(20)36-5/h7-13,16H,14-15H2,1-6H3,(H,26,31)/t16-/m1/s1. The van der Waals surface area contributed by atoms with Gasteiger partial charge in [0.2, 0.25) is 21.8 Å². The van der Waals surface area contributed by atoms with Gasteiger partial charge in [-0.2, -0.15) is 0 Å². The summed E-state index contributed by atoms with van der Waals surface area (Å²) in [7, 11) is -2.83. The molecule has 1 N–H and O–H groups in total. The van der Waals surface area contributed by atoms with Crippen LogP contribution in [0.5, 0.6) is 5.75 Å². The van der Waals surface area contributed by atoms with Gasteiger partial charge in [0.15, 0.2) is 0 Å². The van der Waals surface area contributed by atoms with E-state index >= 15 is 0 Å². The summed E-state index contributed by atoms with van der Waals surface area (Å²) in [6, 6.07) is 9.11. The number of hydrogen-bond donors (Lipinski definition) is 1. The number of nitrogens with zero attached hydrogens (tertiary/aromatic N) is 3. The largest absolute Gasteiger partial charge is 0.495 e. The summed E-state index contributed by atoms with van der Waals surface area (Å²) in [5.41, 5.74) is -0.472. The Balaban J connectivity index is 2.52. The smallest absolute Gasteiger partial charge is 0.271 e. The third-order valence-electron chi connectivity index (χ3n) is 5.25. The zero-order valence-corrected chi connectivity index (χ0v) is 23.1. The van der Waals surface area contributed by atoms with Crippen LogP contribution in [0.1, 0.15) is 33.3 Å². The first-order valence-corrected chi connectivity index (χ1v) is 13.4. The lowest BCUT2D eigenvalue weighted by atomic mass is 10.1. The Kier molecular flexibility index (Phi) is 9.50. The van der Waals surface area contributed by atoms with E-state index in [4.69, 9.17) is 16.3 Å². The highest BCUT2D eigenvalue weighted by Gasteiger charge is 2.32. The number of nitro groups is 1. The highest BCUT2D eigenvalue weighted by atomic mass is 35.5. The summed E-state index contributed by atoms with van der Waals surface area (Å²) in [4.78, 5) is 38.5. The molecule has 0 aliphatic rings. The van der Waals surface area contributed by atoms with E-state index in [1.165, 1.54) is 25.0 Å². The molecule has 0 spiro atoms. The summed E-state index contributed by atoms with van der Waals surface area (Å²) in [6.07, 6.45) is 0.873. The van der Waals surface area contributed by atoms with Crippen molar-refractivity contribution in [3.8, 4) is 5.75 Å². The summed E-state index contributed by atoms with van der Waals surface area (Å²) < 4.78 is 31.5. The van der Waals surface area contributed by atoms with Gasteiger partial charge in [-0.25, -0.2) is 8.42 Å². The lowest BCUT2D eigenvalue weighted by Crippen LogP contribution is -2.54. The second kappa shape index (κ2) is 11.8. The molecular formula is C24H31ClN4O7S. The van der Waals surface area contributed by atoms with Crippen LogP contribution in [0.25, 0.3) is 0 Å². The van der Waals surface area contributed by atoms with E-state index < -0.39 is 44.9 Å². The van der Waals surface area contributed by atoms with Crippen molar-refractivity contribution in [1.29, 1.82) is 0 Å². The maximum absolute atomic E-state index is 13.6.